The summed E-state index contributed by atoms with van der Waals surface area (Å²) >= 11 is 0. The Morgan fingerprint density at radius 3 is 2.76 bits per heavy atom. The number of carbonyl (C=O) groups excluding carboxylic acids is 1. The van der Waals surface area contributed by atoms with Crippen molar-refractivity contribution in [1.82, 2.24) is 9.99 Å². The lowest BCUT2D eigenvalue weighted by Crippen LogP contribution is -2.30. The topological polar surface area (TPSA) is 83.7 Å². The summed E-state index contributed by atoms with van der Waals surface area (Å²) in [5, 5.41) is 14.4. The van der Waals surface area contributed by atoms with E-state index in [0.717, 1.165) is 0 Å². The zero-order valence-electron chi connectivity index (χ0n) is 13.2. The molecular weight excluding hydrogens is 325 g/mol. The molecule has 0 saturated heterocycles. The van der Waals surface area contributed by atoms with Gasteiger partial charge in [-0.2, -0.15) is 5.10 Å². The van der Waals surface area contributed by atoms with Crippen LogP contribution in [0, 0.1) is 5.82 Å². The number of carbonyl (C=O) groups is 1. The highest BCUT2D eigenvalue weighted by atomic mass is 19.1. The van der Waals surface area contributed by atoms with Gasteiger partial charge in [-0.1, -0.05) is 24.3 Å². The number of halogens is 1. The predicted octanol–water partition coefficient (Wildman–Crippen LogP) is 2.15. The lowest BCUT2D eigenvalue weighted by atomic mass is 10.1. The highest BCUT2D eigenvalue weighted by molar-refractivity contribution is 6.02. The summed E-state index contributed by atoms with van der Waals surface area (Å²) in [6.45, 7) is 0. The van der Waals surface area contributed by atoms with Crippen molar-refractivity contribution < 1.29 is 14.3 Å². The van der Waals surface area contributed by atoms with Crippen LogP contribution in [0.25, 0.3) is 10.9 Å². The van der Waals surface area contributed by atoms with Gasteiger partial charge in [0.2, 0.25) is 0 Å². The molecule has 0 aliphatic carbocycles. The molecule has 0 aliphatic heterocycles. The van der Waals surface area contributed by atoms with Gasteiger partial charge >= 0.3 is 0 Å². The van der Waals surface area contributed by atoms with E-state index in [9.17, 15) is 19.1 Å². The number of pyridine rings is 1. The van der Waals surface area contributed by atoms with Crippen molar-refractivity contribution in [3.63, 3.8) is 0 Å². The summed E-state index contributed by atoms with van der Waals surface area (Å²) < 4.78 is 14.4. The number of benzene rings is 2. The molecule has 1 amide bonds. The first-order valence-corrected chi connectivity index (χ1v) is 7.38. The molecule has 0 unspecified atom stereocenters. The minimum absolute atomic E-state index is 0.379. The zero-order valence-corrected chi connectivity index (χ0v) is 13.2. The Hall–Kier alpha value is -3.48. The summed E-state index contributed by atoms with van der Waals surface area (Å²) in [5.74, 6) is -1.69. The second kappa shape index (κ2) is 6.56. The van der Waals surface area contributed by atoms with Crippen molar-refractivity contribution in [3.8, 4) is 5.75 Å². The van der Waals surface area contributed by atoms with E-state index in [-0.39, 0.29) is 0 Å². The zero-order chi connectivity index (χ0) is 18.0. The van der Waals surface area contributed by atoms with Crippen molar-refractivity contribution in [2.24, 2.45) is 12.1 Å². The first-order chi connectivity index (χ1) is 12.0. The van der Waals surface area contributed by atoms with Crippen LogP contribution in [0.4, 0.5) is 4.39 Å². The van der Waals surface area contributed by atoms with Crippen molar-refractivity contribution >= 4 is 23.0 Å². The third kappa shape index (κ3) is 3.12. The molecule has 1 aromatic heterocycles. The summed E-state index contributed by atoms with van der Waals surface area (Å²) in [5.41, 5.74) is 2.07. The molecule has 3 rings (SSSR count). The Bertz CT molecular complexity index is 1060. The van der Waals surface area contributed by atoms with Gasteiger partial charge in [0.15, 0.2) is 0 Å². The van der Waals surface area contributed by atoms with Crippen LogP contribution in [-0.4, -0.2) is 21.8 Å². The Kier molecular flexibility index (Phi) is 4.30. The van der Waals surface area contributed by atoms with Gasteiger partial charge in [0, 0.05) is 12.4 Å². The molecular formula is C18H14FN3O3. The van der Waals surface area contributed by atoms with E-state index in [1.807, 2.05) is 0 Å². The largest absolute Gasteiger partial charge is 0.506 e. The van der Waals surface area contributed by atoms with Gasteiger partial charge in [0.25, 0.3) is 11.5 Å². The number of hydrazone groups is 1. The van der Waals surface area contributed by atoms with Crippen molar-refractivity contribution in [2.45, 2.75) is 0 Å². The van der Waals surface area contributed by atoms with E-state index in [1.165, 1.54) is 36.0 Å². The third-order valence-corrected chi connectivity index (χ3v) is 3.73. The van der Waals surface area contributed by atoms with Gasteiger partial charge in [-0.3, -0.25) is 9.59 Å². The van der Waals surface area contributed by atoms with Gasteiger partial charge in [-0.05, 0) is 29.8 Å². The van der Waals surface area contributed by atoms with Crippen molar-refractivity contribution in [2.75, 3.05) is 0 Å². The fraction of sp³-hybridized carbons (Fsp3) is 0.0556. The summed E-state index contributed by atoms with van der Waals surface area (Å²) in [7, 11) is 1.51. The lowest BCUT2D eigenvalue weighted by molar-refractivity contribution is 0.0950. The molecule has 0 aliphatic rings. The minimum Gasteiger partial charge on any atom is -0.506 e. The summed E-state index contributed by atoms with van der Waals surface area (Å²) in [6, 6.07) is 12.3. The number of para-hydroxylation sites is 1. The average molecular weight is 339 g/mol. The maximum atomic E-state index is 13.1. The van der Waals surface area contributed by atoms with Crippen LogP contribution < -0.4 is 11.0 Å². The number of nitrogens with zero attached hydrogens (tertiary/aromatic N) is 2. The number of rotatable bonds is 3. The molecule has 7 heteroatoms. The number of aryl methyl sites for hydroxylation is 1. The van der Waals surface area contributed by atoms with Gasteiger partial charge < -0.3 is 9.67 Å². The second-order valence-electron chi connectivity index (χ2n) is 5.36. The molecule has 6 nitrogen and oxygen atoms in total. The standard InChI is InChI=1S/C18H14FN3O3/c1-22-14-8-3-2-7-13(14)16(23)15(18(22)25)17(24)21-20-10-11-5-4-6-12(19)9-11/h2-10,23H,1H3,(H,21,24)/b20-10-. The van der Waals surface area contributed by atoms with Gasteiger partial charge in [-0.15, -0.1) is 0 Å². The molecule has 3 aromatic rings. The Morgan fingerprint density at radius 1 is 1.24 bits per heavy atom. The number of aromatic hydroxyl groups is 1. The number of hydrogen-bond acceptors (Lipinski definition) is 4. The molecule has 0 spiro atoms. The van der Waals surface area contributed by atoms with Gasteiger partial charge in [0.1, 0.15) is 17.1 Å². The fourth-order valence-electron chi connectivity index (χ4n) is 2.49. The molecule has 25 heavy (non-hydrogen) atoms. The van der Waals surface area contributed by atoms with Crippen LogP contribution in [0.3, 0.4) is 0 Å². The number of amides is 1. The van der Waals surface area contributed by atoms with E-state index >= 15 is 0 Å². The Morgan fingerprint density at radius 2 is 2.00 bits per heavy atom. The van der Waals surface area contributed by atoms with E-state index in [2.05, 4.69) is 10.5 Å². The maximum Gasteiger partial charge on any atom is 0.280 e. The average Bonchev–Trinajstić information content (AvgIpc) is 2.60. The lowest BCUT2D eigenvalue weighted by Gasteiger charge is -2.10. The van der Waals surface area contributed by atoms with Crippen LogP contribution in [0.1, 0.15) is 15.9 Å². The molecule has 0 bridgehead atoms. The highest BCUT2D eigenvalue weighted by Crippen LogP contribution is 2.25. The predicted molar refractivity (Wildman–Crippen MR) is 92.3 cm³/mol. The van der Waals surface area contributed by atoms with E-state index < -0.39 is 28.6 Å². The fourth-order valence-corrected chi connectivity index (χ4v) is 2.49. The highest BCUT2D eigenvalue weighted by Gasteiger charge is 2.20. The number of nitrogens with one attached hydrogen (secondary N) is 1. The number of aromatic nitrogens is 1. The summed E-state index contributed by atoms with van der Waals surface area (Å²) in [6.07, 6.45) is 1.24. The smallest absolute Gasteiger partial charge is 0.280 e. The summed E-state index contributed by atoms with van der Waals surface area (Å²) in [4.78, 5) is 24.6. The first-order valence-electron chi connectivity index (χ1n) is 7.38. The Labute approximate surface area is 141 Å². The normalized spacial score (nSPS) is 11.1. The van der Waals surface area contributed by atoms with Crippen molar-refractivity contribution in [3.05, 3.63) is 75.8 Å². The second-order valence-corrected chi connectivity index (χ2v) is 5.36. The minimum atomic E-state index is -0.850. The molecule has 2 aromatic carbocycles. The first kappa shape index (κ1) is 16.4. The van der Waals surface area contributed by atoms with Crippen LogP contribution in [0.5, 0.6) is 5.75 Å². The molecule has 126 valence electrons. The molecule has 1 heterocycles. The van der Waals surface area contributed by atoms with Crippen LogP contribution >= 0.6 is 0 Å². The van der Waals surface area contributed by atoms with Gasteiger partial charge in [-0.25, -0.2) is 9.82 Å². The molecule has 0 saturated carbocycles. The van der Waals surface area contributed by atoms with Crippen LogP contribution in [0.2, 0.25) is 0 Å². The van der Waals surface area contributed by atoms with Gasteiger partial charge in [0.05, 0.1) is 11.7 Å². The van der Waals surface area contributed by atoms with E-state index in [0.29, 0.717) is 16.5 Å². The van der Waals surface area contributed by atoms with Crippen LogP contribution in [-0.2, 0) is 7.05 Å². The Balaban J connectivity index is 1.94. The molecule has 0 fully saturated rings. The van der Waals surface area contributed by atoms with Crippen LogP contribution in [0.15, 0.2) is 58.4 Å². The molecule has 0 atom stereocenters. The molecule has 0 radical (unpaired) electrons. The number of fused-ring (bicyclic) bond motifs is 1. The van der Waals surface area contributed by atoms with Crippen molar-refractivity contribution in [1.29, 1.82) is 0 Å². The third-order valence-electron chi connectivity index (χ3n) is 3.73. The monoisotopic (exact) mass is 339 g/mol. The number of hydrogen-bond donors (Lipinski definition) is 2. The van der Waals surface area contributed by atoms with E-state index in [1.54, 1.807) is 30.3 Å². The molecule has 2 N–H and O–H groups in total. The quantitative estimate of drug-likeness (QED) is 0.566. The van der Waals surface area contributed by atoms with E-state index in [4.69, 9.17) is 0 Å². The SMILES string of the molecule is Cn1c(=O)c(C(=O)N/N=C\c2cccc(F)c2)c(O)c2ccccc21. The maximum absolute atomic E-state index is 13.1.